The molecule has 2 aromatic rings. The summed E-state index contributed by atoms with van der Waals surface area (Å²) in [5, 5.41) is 3.33. The van der Waals surface area contributed by atoms with Gasteiger partial charge < -0.3 is 10.1 Å². The molecular weight excluding hydrogens is 336 g/mol. The molecule has 1 heterocycles. The fraction of sp³-hybridized carbons (Fsp3) is 0.267. The van der Waals surface area contributed by atoms with E-state index in [9.17, 15) is 0 Å². The Morgan fingerprint density at radius 3 is 2.90 bits per heavy atom. The lowest BCUT2D eigenvalue weighted by Crippen LogP contribution is -2.18. The van der Waals surface area contributed by atoms with E-state index in [4.69, 9.17) is 4.74 Å². The van der Waals surface area contributed by atoms with E-state index in [0.717, 1.165) is 21.5 Å². The molecule has 0 aliphatic carbocycles. The highest BCUT2D eigenvalue weighted by molar-refractivity contribution is 9.10. The summed E-state index contributed by atoms with van der Waals surface area (Å²) in [6.45, 7) is 0. The van der Waals surface area contributed by atoms with Crippen LogP contribution in [0.1, 0.15) is 11.6 Å². The first kappa shape index (κ1) is 15.4. The van der Waals surface area contributed by atoms with E-state index in [1.807, 2.05) is 43.2 Å². The van der Waals surface area contributed by atoms with Crippen LogP contribution in [-0.2, 0) is 0 Å². The topological polar surface area (TPSA) is 34.2 Å². The Morgan fingerprint density at radius 2 is 2.20 bits per heavy atom. The first-order valence-corrected chi connectivity index (χ1v) is 8.05. The number of halogens is 1. The molecule has 5 heteroatoms. The Morgan fingerprint density at radius 1 is 1.35 bits per heavy atom. The van der Waals surface area contributed by atoms with Crippen molar-refractivity contribution in [3.63, 3.8) is 0 Å². The van der Waals surface area contributed by atoms with Crippen molar-refractivity contribution in [2.45, 2.75) is 10.9 Å². The summed E-state index contributed by atoms with van der Waals surface area (Å²) in [6.07, 6.45) is 3.60. The first-order chi connectivity index (χ1) is 9.72. The minimum Gasteiger partial charge on any atom is -0.495 e. The molecule has 0 spiro atoms. The Kier molecular flexibility index (Phi) is 5.88. The van der Waals surface area contributed by atoms with Crippen molar-refractivity contribution in [2.75, 3.05) is 19.9 Å². The quantitative estimate of drug-likeness (QED) is 0.799. The molecule has 0 saturated heterocycles. The Labute approximate surface area is 132 Å². The van der Waals surface area contributed by atoms with Gasteiger partial charge in [0.05, 0.1) is 13.3 Å². The molecule has 0 saturated carbocycles. The Hall–Kier alpha value is -1.04. The molecule has 1 atom stereocenters. The number of aromatic nitrogens is 1. The summed E-state index contributed by atoms with van der Waals surface area (Å²) in [7, 11) is 3.62. The lowest BCUT2D eigenvalue weighted by atomic mass is 10.1. The molecule has 0 aliphatic heterocycles. The van der Waals surface area contributed by atoms with Gasteiger partial charge in [-0.3, -0.25) is 4.98 Å². The predicted octanol–water partition coefficient (Wildman–Crippen LogP) is 3.91. The van der Waals surface area contributed by atoms with Gasteiger partial charge in [0.2, 0.25) is 0 Å². The molecule has 3 nitrogen and oxygen atoms in total. The summed E-state index contributed by atoms with van der Waals surface area (Å²) in [5.41, 5.74) is 1.13. The maximum absolute atomic E-state index is 5.22. The van der Waals surface area contributed by atoms with Gasteiger partial charge >= 0.3 is 0 Å². The number of ether oxygens (including phenoxy) is 1. The van der Waals surface area contributed by atoms with E-state index in [-0.39, 0.29) is 6.04 Å². The van der Waals surface area contributed by atoms with E-state index in [1.165, 1.54) is 4.90 Å². The van der Waals surface area contributed by atoms with E-state index < -0.39 is 0 Å². The number of rotatable bonds is 6. The fourth-order valence-corrected chi connectivity index (χ4v) is 3.47. The van der Waals surface area contributed by atoms with Gasteiger partial charge in [-0.2, -0.15) is 0 Å². The van der Waals surface area contributed by atoms with Gasteiger partial charge in [0.1, 0.15) is 5.75 Å². The fourth-order valence-electron chi connectivity index (χ4n) is 1.82. The molecule has 0 radical (unpaired) electrons. The van der Waals surface area contributed by atoms with Crippen molar-refractivity contribution in [1.82, 2.24) is 10.3 Å². The minimum atomic E-state index is 0.238. The van der Waals surface area contributed by atoms with Crippen LogP contribution in [0.25, 0.3) is 0 Å². The maximum Gasteiger partial charge on any atom is 0.137 e. The van der Waals surface area contributed by atoms with Crippen molar-refractivity contribution in [3.05, 3.63) is 52.8 Å². The van der Waals surface area contributed by atoms with Crippen molar-refractivity contribution >= 4 is 27.7 Å². The van der Waals surface area contributed by atoms with E-state index in [0.29, 0.717) is 0 Å². The third-order valence-electron chi connectivity index (χ3n) is 2.93. The summed E-state index contributed by atoms with van der Waals surface area (Å²) in [4.78, 5) is 5.46. The molecule has 1 unspecified atom stereocenters. The minimum absolute atomic E-state index is 0.238. The van der Waals surface area contributed by atoms with Crippen LogP contribution in [0.3, 0.4) is 0 Å². The van der Waals surface area contributed by atoms with Crippen molar-refractivity contribution < 1.29 is 4.74 Å². The van der Waals surface area contributed by atoms with Crippen LogP contribution in [0.5, 0.6) is 5.75 Å². The van der Waals surface area contributed by atoms with Crippen molar-refractivity contribution in [2.24, 2.45) is 0 Å². The number of thioether (sulfide) groups is 1. The van der Waals surface area contributed by atoms with Crippen LogP contribution in [0.4, 0.5) is 0 Å². The zero-order chi connectivity index (χ0) is 14.4. The maximum atomic E-state index is 5.22. The monoisotopic (exact) mass is 352 g/mol. The molecule has 1 aromatic heterocycles. The number of benzene rings is 1. The summed E-state index contributed by atoms with van der Waals surface area (Å²) >= 11 is 5.31. The standard InChI is InChI=1S/C15H17BrN2OS/c1-17-15(11-6-13(19-2)9-18-8-11)10-20-14-5-3-4-12(16)7-14/h3-9,15,17H,10H2,1-2H3. The third-order valence-corrected chi connectivity index (χ3v) is 4.51. The third kappa shape index (κ3) is 4.23. The smallest absolute Gasteiger partial charge is 0.137 e. The number of hydrogen-bond acceptors (Lipinski definition) is 4. The highest BCUT2D eigenvalue weighted by atomic mass is 79.9. The summed E-state index contributed by atoms with van der Waals surface area (Å²) in [5.74, 6) is 1.72. The lowest BCUT2D eigenvalue weighted by molar-refractivity contribution is 0.411. The second-order valence-corrected chi connectivity index (χ2v) is 6.28. The molecule has 106 valence electrons. The van der Waals surface area contributed by atoms with Gasteiger partial charge in [-0.1, -0.05) is 22.0 Å². The van der Waals surface area contributed by atoms with Crippen LogP contribution < -0.4 is 10.1 Å². The molecular formula is C15H17BrN2OS. The van der Waals surface area contributed by atoms with Gasteiger partial charge in [-0.05, 0) is 36.9 Å². The van der Waals surface area contributed by atoms with Crippen molar-refractivity contribution in [1.29, 1.82) is 0 Å². The van der Waals surface area contributed by atoms with E-state index in [2.05, 4.69) is 38.4 Å². The van der Waals surface area contributed by atoms with Gasteiger partial charge in [-0.25, -0.2) is 0 Å². The van der Waals surface area contributed by atoms with Crippen LogP contribution in [0.15, 0.2) is 52.1 Å². The van der Waals surface area contributed by atoms with E-state index >= 15 is 0 Å². The molecule has 20 heavy (non-hydrogen) atoms. The normalized spacial score (nSPS) is 12.2. The molecule has 2 rings (SSSR count). The second-order valence-electron chi connectivity index (χ2n) is 4.27. The summed E-state index contributed by atoms with van der Waals surface area (Å²) < 4.78 is 6.33. The largest absolute Gasteiger partial charge is 0.495 e. The van der Waals surface area contributed by atoms with Crippen LogP contribution in [0.2, 0.25) is 0 Å². The lowest BCUT2D eigenvalue weighted by Gasteiger charge is -2.16. The number of pyridine rings is 1. The molecule has 1 N–H and O–H groups in total. The average Bonchev–Trinajstić information content (AvgIpc) is 2.48. The first-order valence-electron chi connectivity index (χ1n) is 6.27. The number of nitrogens with zero attached hydrogens (tertiary/aromatic N) is 1. The highest BCUT2D eigenvalue weighted by Gasteiger charge is 2.11. The van der Waals surface area contributed by atoms with E-state index in [1.54, 1.807) is 13.3 Å². The number of methoxy groups -OCH3 is 1. The van der Waals surface area contributed by atoms with Crippen LogP contribution in [-0.4, -0.2) is 24.9 Å². The zero-order valence-corrected chi connectivity index (χ0v) is 13.9. The SMILES string of the molecule is CNC(CSc1cccc(Br)c1)c1cncc(OC)c1. The molecule has 0 bridgehead atoms. The van der Waals surface area contributed by atoms with Crippen molar-refractivity contribution in [3.8, 4) is 5.75 Å². The van der Waals surface area contributed by atoms with Crippen LogP contribution in [0, 0.1) is 0 Å². The number of nitrogens with one attached hydrogen (secondary N) is 1. The zero-order valence-electron chi connectivity index (χ0n) is 11.5. The molecule has 0 fully saturated rings. The summed E-state index contributed by atoms with van der Waals surface area (Å²) in [6, 6.07) is 10.6. The average molecular weight is 353 g/mol. The Balaban J connectivity index is 2.05. The van der Waals surface area contributed by atoms with Gasteiger partial charge in [-0.15, -0.1) is 11.8 Å². The molecule has 0 aliphatic rings. The van der Waals surface area contributed by atoms with Gasteiger partial charge in [0.25, 0.3) is 0 Å². The molecule has 1 aromatic carbocycles. The molecule has 0 amide bonds. The van der Waals surface area contributed by atoms with Gasteiger partial charge in [0.15, 0.2) is 0 Å². The van der Waals surface area contributed by atoms with Gasteiger partial charge in [0, 0.05) is 27.4 Å². The second kappa shape index (κ2) is 7.67. The Bertz CT molecular complexity index is 565. The highest BCUT2D eigenvalue weighted by Crippen LogP contribution is 2.27. The predicted molar refractivity (Wildman–Crippen MR) is 87.5 cm³/mol. The van der Waals surface area contributed by atoms with Crippen LogP contribution >= 0.6 is 27.7 Å². The number of hydrogen-bond donors (Lipinski definition) is 1.